The van der Waals surface area contributed by atoms with Crippen LogP contribution >= 0.6 is 0 Å². The van der Waals surface area contributed by atoms with Crippen molar-refractivity contribution in [3.8, 4) is 0 Å². The van der Waals surface area contributed by atoms with Gasteiger partial charge in [-0.2, -0.15) is 0 Å². The summed E-state index contributed by atoms with van der Waals surface area (Å²) in [5.74, 6) is 0. The highest BCUT2D eigenvalue weighted by Crippen LogP contribution is 1.99. The number of nitrogens with zero attached hydrogens (tertiary/aromatic N) is 1. The monoisotopic (exact) mass is 136 g/mol. The third-order valence-corrected chi connectivity index (χ3v) is 1.50. The van der Waals surface area contributed by atoms with Crippen molar-refractivity contribution in [1.29, 1.82) is 0 Å². The Morgan fingerprint density at radius 3 is 2.70 bits per heavy atom. The molecule has 0 aliphatic heterocycles. The van der Waals surface area contributed by atoms with Gasteiger partial charge in [0.2, 0.25) is 0 Å². The molecule has 0 aromatic carbocycles. The second kappa shape index (κ2) is 3.32. The van der Waals surface area contributed by atoms with Gasteiger partial charge in [-0.25, -0.2) is 0 Å². The molecule has 0 atom stereocenters. The van der Waals surface area contributed by atoms with Crippen LogP contribution in [-0.2, 0) is 13.0 Å². The summed E-state index contributed by atoms with van der Waals surface area (Å²) in [6, 6.07) is 4.04. The van der Waals surface area contributed by atoms with E-state index < -0.39 is 0 Å². The third-order valence-electron chi connectivity index (χ3n) is 1.50. The van der Waals surface area contributed by atoms with Crippen LogP contribution in [0.2, 0.25) is 0 Å². The molecule has 0 bridgehead atoms. The normalized spacial score (nSPS) is 9.80. The third kappa shape index (κ3) is 1.54. The van der Waals surface area contributed by atoms with E-state index in [4.69, 9.17) is 5.73 Å². The van der Waals surface area contributed by atoms with Crippen molar-refractivity contribution in [1.82, 2.24) is 4.98 Å². The molecule has 1 aromatic heterocycles. The van der Waals surface area contributed by atoms with Gasteiger partial charge in [-0.1, -0.05) is 13.0 Å². The first-order valence-corrected chi connectivity index (χ1v) is 3.50. The predicted octanol–water partition coefficient (Wildman–Crippen LogP) is 1.10. The number of nitrogens with two attached hydrogens (primary N) is 1. The molecule has 0 fully saturated rings. The van der Waals surface area contributed by atoms with Crippen LogP contribution in [0.4, 0.5) is 0 Å². The lowest BCUT2D eigenvalue weighted by molar-refractivity contribution is 0.971. The molecule has 1 aromatic rings. The second-order valence-electron chi connectivity index (χ2n) is 2.22. The molecule has 1 heterocycles. The molecule has 0 saturated heterocycles. The molecule has 0 spiro atoms. The van der Waals surface area contributed by atoms with E-state index in [0.717, 1.165) is 12.1 Å². The maximum Gasteiger partial charge on any atom is 0.0539 e. The molecule has 2 heteroatoms. The zero-order valence-corrected chi connectivity index (χ0v) is 6.17. The van der Waals surface area contributed by atoms with E-state index in [-0.39, 0.29) is 0 Å². The lowest BCUT2D eigenvalue weighted by atomic mass is 10.2. The molecule has 0 aliphatic carbocycles. The minimum Gasteiger partial charge on any atom is -0.325 e. The molecule has 2 nitrogen and oxygen atoms in total. The predicted molar refractivity (Wildman–Crippen MR) is 41.5 cm³/mol. The maximum atomic E-state index is 5.38. The highest BCUT2D eigenvalue weighted by Gasteiger charge is 1.89. The summed E-state index contributed by atoms with van der Waals surface area (Å²) < 4.78 is 0. The van der Waals surface area contributed by atoms with Gasteiger partial charge in [-0.15, -0.1) is 0 Å². The molecule has 2 N–H and O–H groups in total. The number of aryl methyl sites for hydroxylation is 1. The summed E-state index contributed by atoms with van der Waals surface area (Å²) in [5.41, 5.74) is 7.60. The van der Waals surface area contributed by atoms with Crippen LogP contribution < -0.4 is 5.73 Å². The first-order chi connectivity index (χ1) is 4.86. The Kier molecular flexibility index (Phi) is 2.40. The SMILES string of the molecule is CCc1ccc(CN)nc1. The van der Waals surface area contributed by atoms with Crippen LogP contribution in [0, 0.1) is 0 Å². The van der Waals surface area contributed by atoms with Crippen molar-refractivity contribution in [2.75, 3.05) is 0 Å². The van der Waals surface area contributed by atoms with Crippen molar-refractivity contribution in [3.05, 3.63) is 29.6 Å². The molecule has 10 heavy (non-hydrogen) atoms. The standard InChI is InChI=1S/C8H12N2/c1-2-7-3-4-8(5-9)10-6-7/h3-4,6H,2,5,9H2,1H3. The van der Waals surface area contributed by atoms with Crippen LogP contribution in [0.1, 0.15) is 18.2 Å². The first-order valence-electron chi connectivity index (χ1n) is 3.50. The number of pyridine rings is 1. The van der Waals surface area contributed by atoms with E-state index in [1.54, 1.807) is 0 Å². The topological polar surface area (TPSA) is 38.9 Å². The molecule has 1 rings (SSSR count). The number of hydrogen-bond acceptors (Lipinski definition) is 2. The van der Waals surface area contributed by atoms with Gasteiger partial charge in [-0.3, -0.25) is 4.98 Å². The van der Waals surface area contributed by atoms with Crippen molar-refractivity contribution in [3.63, 3.8) is 0 Å². The van der Waals surface area contributed by atoms with E-state index in [9.17, 15) is 0 Å². The molecule has 0 unspecified atom stereocenters. The number of rotatable bonds is 2. The van der Waals surface area contributed by atoms with Gasteiger partial charge >= 0.3 is 0 Å². The number of aromatic nitrogens is 1. The van der Waals surface area contributed by atoms with E-state index in [2.05, 4.69) is 18.0 Å². The highest BCUT2D eigenvalue weighted by atomic mass is 14.7. The lowest BCUT2D eigenvalue weighted by Gasteiger charge is -1.96. The largest absolute Gasteiger partial charge is 0.325 e. The van der Waals surface area contributed by atoms with E-state index in [0.29, 0.717) is 6.54 Å². The van der Waals surface area contributed by atoms with Crippen molar-refractivity contribution >= 4 is 0 Å². The summed E-state index contributed by atoms with van der Waals surface area (Å²) in [6.07, 6.45) is 2.92. The second-order valence-corrected chi connectivity index (χ2v) is 2.22. The van der Waals surface area contributed by atoms with E-state index >= 15 is 0 Å². The van der Waals surface area contributed by atoms with Crippen molar-refractivity contribution < 1.29 is 0 Å². The molecular formula is C8H12N2. The Hall–Kier alpha value is -0.890. The van der Waals surface area contributed by atoms with Crippen LogP contribution in [0.3, 0.4) is 0 Å². The van der Waals surface area contributed by atoms with Crippen LogP contribution in [0.25, 0.3) is 0 Å². The smallest absolute Gasteiger partial charge is 0.0539 e. The summed E-state index contributed by atoms with van der Waals surface area (Å²) in [6.45, 7) is 2.64. The summed E-state index contributed by atoms with van der Waals surface area (Å²) in [7, 11) is 0. The minimum absolute atomic E-state index is 0.532. The quantitative estimate of drug-likeness (QED) is 0.661. The van der Waals surface area contributed by atoms with Crippen LogP contribution in [0.15, 0.2) is 18.3 Å². The van der Waals surface area contributed by atoms with Gasteiger partial charge in [0.05, 0.1) is 5.69 Å². The molecule has 54 valence electrons. The van der Waals surface area contributed by atoms with Crippen molar-refractivity contribution in [2.24, 2.45) is 5.73 Å². The fourth-order valence-corrected chi connectivity index (χ4v) is 0.785. The number of hydrogen-bond donors (Lipinski definition) is 1. The summed E-state index contributed by atoms with van der Waals surface area (Å²) >= 11 is 0. The summed E-state index contributed by atoms with van der Waals surface area (Å²) in [4.78, 5) is 4.14. The fourth-order valence-electron chi connectivity index (χ4n) is 0.785. The molecular weight excluding hydrogens is 124 g/mol. The van der Waals surface area contributed by atoms with Gasteiger partial charge < -0.3 is 5.73 Å². The van der Waals surface area contributed by atoms with Gasteiger partial charge in [0, 0.05) is 12.7 Å². The highest BCUT2D eigenvalue weighted by molar-refractivity contribution is 5.13. The average Bonchev–Trinajstić information content (AvgIpc) is 2.05. The van der Waals surface area contributed by atoms with Crippen LogP contribution in [0.5, 0.6) is 0 Å². The van der Waals surface area contributed by atoms with Gasteiger partial charge in [0.25, 0.3) is 0 Å². The first kappa shape index (κ1) is 7.22. The molecule has 0 radical (unpaired) electrons. The maximum absolute atomic E-state index is 5.38. The van der Waals surface area contributed by atoms with Crippen molar-refractivity contribution in [2.45, 2.75) is 19.9 Å². The Labute approximate surface area is 61.1 Å². The molecule has 0 aliphatic rings. The Morgan fingerprint density at radius 1 is 1.50 bits per heavy atom. The van der Waals surface area contributed by atoms with Gasteiger partial charge in [-0.05, 0) is 18.1 Å². The molecule has 0 amide bonds. The zero-order valence-electron chi connectivity index (χ0n) is 6.17. The minimum atomic E-state index is 0.532. The van der Waals surface area contributed by atoms with E-state index in [1.165, 1.54) is 5.56 Å². The zero-order chi connectivity index (χ0) is 7.40. The average molecular weight is 136 g/mol. The Morgan fingerprint density at radius 2 is 2.30 bits per heavy atom. The van der Waals surface area contributed by atoms with Gasteiger partial charge in [0.15, 0.2) is 0 Å². The van der Waals surface area contributed by atoms with Crippen LogP contribution in [-0.4, -0.2) is 4.98 Å². The van der Waals surface area contributed by atoms with Gasteiger partial charge in [0.1, 0.15) is 0 Å². The Bertz CT molecular complexity index is 168. The Balaban J connectivity index is 2.80. The molecule has 0 saturated carbocycles. The summed E-state index contributed by atoms with van der Waals surface area (Å²) in [5, 5.41) is 0. The van der Waals surface area contributed by atoms with E-state index in [1.807, 2.05) is 12.3 Å². The fraction of sp³-hybridized carbons (Fsp3) is 0.375. The lowest BCUT2D eigenvalue weighted by Crippen LogP contribution is -1.98.